The molecule has 0 radical (unpaired) electrons. The number of nitrogens with zero attached hydrogens (tertiary/aromatic N) is 3. The van der Waals surface area contributed by atoms with Crippen LogP contribution in [0, 0.1) is 0 Å². The van der Waals surface area contributed by atoms with Crippen LogP contribution in [0.15, 0.2) is 12.4 Å². The van der Waals surface area contributed by atoms with Gasteiger partial charge in [-0.2, -0.15) is 10.2 Å². The SMILES string of the molecule is CC(OC(=O)O)n1nccn1. The summed E-state index contributed by atoms with van der Waals surface area (Å²) < 4.78 is 4.35. The molecule has 0 aliphatic heterocycles. The van der Waals surface area contributed by atoms with Crippen LogP contribution >= 0.6 is 0 Å². The van der Waals surface area contributed by atoms with Crippen LogP contribution in [-0.4, -0.2) is 26.3 Å². The molecule has 11 heavy (non-hydrogen) atoms. The van der Waals surface area contributed by atoms with Crippen LogP contribution in [0.2, 0.25) is 0 Å². The van der Waals surface area contributed by atoms with Gasteiger partial charge in [0.15, 0.2) is 0 Å². The lowest BCUT2D eigenvalue weighted by Gasteiger charge is -2.07. The van der Waals surface area contributed by atoms with Crippen molar-refractivity contribution in [1.82, 2.24) is 15.0 Å². The zero-order chi connectivity index (χ0) is 8.27. The number of rotatable bonds is 2. The van der Waals surface area contributed by atoms with Gasteiger partial charge < -0.3 is 9.84 Å². The van der Waals surface area contributed by atoms with Crippen LogP contribution in [0.1, 0.15) is 13.2 Å². The van der Waals surface area contributed by atoms with E-state index in [0.717, 1.165) is 4.80 Å². The highest BCUT2D eigenvalue weighted by atomic mass is 16.7. The highest BCUT2D eigenvalue weighted by Gasteiger charge is 2.09. The predicted octanol–water partition coefficient (Wildman–Crippen LogP) is 0.491. The first-order valence-corrected chi connectivity index (χ1v) is 2.95. The highest BCUT2D eigenvalue weighted by molar-refractivity contribution is 5.56. The Morgan fingerprint density at radius 3 is 2.64 bits per heavy atom. The first-order chi connectivity index (χ1) is 5.20. The van der Waals surface area contributed by atoms with E-state index >= 15 is 0 Å². The van der Waals surface area contributed by atoms with E-state index < -0.39 is 12.4 Å². The molecule has 0 amide bonds. The summed E-state index contributed by atoms with van der Waals surface area (Å²) in [6, 6.07) is 0. The van der Waals surface area contributed by atoms with Gasteiger partial charge in [0.1, 0.15) is 0 Å². The summed E-state index contributed by atoms with van der Waals surface area (Å²) in [5.74, 6) is 0. The minimum absolute atomic E-state index is 0.678. The highest BCUT2D eigenvalue weighted by Crippen LogP contribution is 2.01. The van der Waals surface area contributed by atoms with Crippen molar-refractivity contribution in [3.05, 3.63) is 12.4 Å². The maximum Gasteiger partial charge on any atom is 0.507 e. The van der Waals surface area contributed by atoms with Crippen molar-refractivity contribution in [2.75, 3.05) is 0 Å². The van der Waals surface area contributed by atoms with E-state index in [-0.39, 0.29) is 0 Å². The fourth-order valence-corrected chi connectivity index (χ4v) is 0.607. The summed E-state index contributed by atoms with van der Waals surface area (Å²) in [5, 5.41) is 15.6. The lowest BCUT2D eigenvalue weighted by molar-refractivity contribution is 0.0147. The van der Waals surface area contributed by atoms with Crippen molar-refractivity contribution >= 4 is 6.16 Å². The number of carbonyl (C=O) groups is 1. The van der Waals surface area contributed by atoms with Gasteiger partial charge in [0.05, 0.1) is 12.4 Å². The summed E-state index contributed by atoms with van der Waals surface area (Å²) in [6.07, 6.45) is 0.876. The van der Waals surface area contributed by atoms with Gasteiger partial charge in [0.2, 0.25) is 6.23 Å². The molecule has 0 bridgehead atoms. The van der Waals surface area contributed by atoms with Crippen LogP contribution < -0.4 is 0 Å². The lowest BCUT2D eigenvalue weighted by Crippen LogP contribution is -2.15. The number of carboxylic acid groups (broad SMARTS) is 1. The average Bonchev–Trinajstić information content (AvgIpc) is 2.35. The van der Waals surface area contributed by atoms with Crippen LogP contribution in [0.5, 0.6) is 0 Å². The Balaban J connectivity index is 2.56. The standard InChI is InChI=1S/C5H7N3O3/c1-4(11-5(9)10)8-6-2-3-7-8/h2-4H,1H3,(H,9,10). The van der Waals surface area contributed by atoms with Crippen LogP contribution in [-0.2, 0) is 4.74 Å². The molecule has 0 saturated heterocycles. The molecule has 1 unspecified atom stereocenters. The monoisotopic (exact) mass is 157 g/mol. The molecule has 0 aliphatic rings. The van der Waals surface area contributed by atoms with Gasteiger partial charge in [0.25, 0.3) is 0 Å². The van der Waals surface area contributed by atoms with E-state index in [0.29, 0.717) is 0 Å². The topological polar surface area (TPSA) is 77.2 Å². The Morgan fingerprint density at radius 2 is 2.18 bits per heavy atom. The summed E-state index contributed by atoms with van der Waals surface area (Å²) in [6.45, 7) is 1.54. The average molecular weight is 157 g/mol. The fraction of sp³-hybridized carbons (Fsp3) is 0.400. The Morgan fingerprint density at radius 1 is 1.64 bits per heavy atom. The summed E-state index contributed by atoms with van der Waals surface area (Å²) in [7, 11) is 0. The largest absolute Gasteiger partial charge is 0.507 e. The molecule has 0 aliphatic carbocycles. The molecule has 0 fully saturated rings. The third-order valence-electron chi connectivity index (χ3n) is 1.03. The number of hydrogen-bond acceptors (Lipinski definition) is 4. The van der Waals surface area contributed by atoms with Gasteiger partial charge in [-0.15, -0.1) is 4.80 Å². The Labute approximate surface area is 62.4 Å². The zero-order valence-corrected chi connectivity index (χ0v) is 5.84. The molecule has 6 nitrogen and oxygen atoms in total. The molecule has 60 valence electrons. The van der Waals surface area contributed by atoms with Gasteiger partial charge in [-0.05, 0) is 6.92 Å². The normalized spacial score (nSPS) is 12.5. The van der Waals surface area contributed by atoms with E-state index in [1.54, 1.807) is 0 Å². The van der Waals surface area contributed by atoms with E-state index in [1.165, 1.54) is 19.3 Å². The maximum absolute atomic E-state index is 10.0. The van der Waals surface area contributed by atoms with E-state index in [1.807, 2.05) is 0 Å². The molecule has 6 heteroatoms. The minimum atomic E-state index is -1.34. The zero-order valence-electron chi connectivity index (χ0n) is 5.84. The van der Waals surface area contributed by atoms with E-state index in [4.69, 9.17) is 5.11 Å². The lowest BCUT2D eigenvalue weighted by atomic mass is 10.7. The van der Waals surface area contributed by atoms with Crippen molar-refractivity contribution in [3.63, 3.8) is 0 Å². The Hall–Kier alpha value is -1.59. The van der Waals surface area contributed by atoms with Crippen LogP contribution in [0.4, 0.5) is 4.79 Å². The second-order valence-electron chi connectivity index (χ2n) is 1.83. The van der Waals surface area contributed by atoms with Gasteiger partial charge in [-0.3, -0.25) is 0 Å². The Kier molecular flexibility index (Phi) is 2.05. The minimum Gasteiger partial charge on any atom is -0.450 e. The molecular weight excluding hydrogens is 150 g/mol. The molecule has 1 N–H and O–H groups in total. The molecule has 1 aromatic heterocycles. The van der Waals surface area contributed by atoms with Gasteiger partial charge in [-0.1, -0.05) is 0 Å². The van der Waals surface area contributed by atoms with Gasteiger partial charge >= 0.3 is 6.16 Å². The summed E-state index contributed by atoms with van der Waals surface area (Å²) in [4.78, 5) is 11.2. The van der Waals surface area contributed by atoms with Crippen molar-refractivity contribution in [2.24, 2.45) is 0 Å². The second-order valence-corrected chi connectivity index (χ2v) is 1.83. The van der Waals surface area contributed by atoms with E-state index in [9.17, 15) is 4.79 Å². The Bertz CT molecular complexity index is 233. The third kappa shape index (κ3) is 1.92. The molecule has 0 spiro atoms. The number of ether oxygens (including phenoxy) is 1. The smallest absolute Gasteiger partial charge is 0.450 e. The fourth-order valence-electron chi connectivity index (χ4n) is 0.607. The van der Waals surface area contributed by atoms with Crippen molar-refractivity contribution in [1.29, 1.82) is 0 Å². The van der Waals surface area contributed by atoms with Gasteiger partial charge in [0, 0.05) is 0 Å². The quantitative estimate of drug-likeness (QED) is 0.632. The first kappa shape index (κ1) is 7.52. The van der Waals surface area contributed by atoms with Crippen LogP contribution in [0.3, 0.4) is 0 Å². The van der Waals surface area contributed by atoms with Crippen LogP contribution in [0.25, 0.3) is 0 Å². The molecule has 0 aromatic carbocycles. The van der Waals surface area contributed by atoms with Crippen molar-refractivity contribution in [2.45, 2.75) is 13.2 Å². The maximum atomic E-state index is 10.0. The predicted molar refractivity (Wildman–Crippen MR) is 33.8 cm³/mol. The van der Waals surface area contributed by atoms with Crippen molar-refractivity contribution < 1.29 is 14.6 Å². The molecular formula is C5H7N3O3. The molecule has 0 saturated carbocycles. The summed E-state index contributed by atoms with van der Waals surface area (Å²) in [5.41, 5.74) is 0. The number of hydrogen-bond donors (Lipinski definition) is 1. The number of aromatic nitrogens is 3. The summed E-state index contributed by atoms with van der Waals surface area (Å²) >= 11 is 0. The first-order valence-electron chi connectivity index (χ1n) is 2.95. The van der Waals surface area contributed by atoms with Crippen molar-refractivity contribution in [3.8, 4) is 0 Å². The second kappa shape index (κ2) is 3.00. The van der Waals surface area contributed by atoms with E-state index in [2.05, 4.69) is 14.9 Å². The molecule has 1 atom stereocenters. The molecule has 1 rings (SSSR count). The van der Waals surface area contributed by atoms with Gasteiger partial charge in [-0.25, -0.2) is 4.79 Å². The molecule has 1 heterocycles. The third-order valence-corrected chi connectivity index (χ3v) is 1.03. The molecule has 1 aromatic rings.